The Morgan fingerprint density at radius 3 is 2.39 bits per heavy atom. The first-order chi connectivity index (χ1) is 8.47. The molecular formula is C14H19F2NO. The van der Waals surface area contributed by atoms with Gasteiger partial charge in [0.25, 0.3) is 0 Å². The molecule has 0 spiro atoms. The van der Waals surface area contributed by atoms with E-state index in [0.717, 1.165) is 12.1 Å². The Kier molecular flexibility index (Phi) is 5.78. The number of benzene rings is 1. The molecule has 0 fully saturated rings. The van der Waals surface area contributed by atoms with Crippen molar-refractivity contribution >= 4 is 6.08 Å². The van der Waals surface area contributed by atoms with Gasteiger partial charge < -0.3 is 10.1 Å². The Morgan fingerprint density at radius 1 is 1.28 bits per heavy atom. The summed E-state index contributed by atoms with van der Waals surface area (Å²) in [6.45, 7) is 4.24. The van der Waals surface area contributed by atoms with E-state index in [4.69, 9.17) is 0 Å². The highest BCUT2D eigenvalue weighted by atomic mass is 19.3. The molecule has 0 aromatic heterocycles. The van der Waals surface area contributed by atoms with Crippen LogP contribution in [0.15, 0.2) is 29.8 Å². The average molecular weight is 255 g/mol. The normalized spacial score (nSPS) is 12.3. The lowest BCUT2D eigenvalue weighted by atomic mass is 10.1. The van der Waals surface area contributed by atoms with Gasteiger partial charge in [-0.05, 0) is 24.6 Å². The number of alkyl halides is 2. The molecule has 0 aliphatic carbocycles. The third-order valence-electron chi connectivity index (χ3n) is 2.31. The molecule has 1 aromatic rings. The van der Waals surface area contributed by atoms with Crippen LogP contribution in [0, 0.1) is 0 Å². The fourth-order valence-corrected chi connectivity index (χ4v) is 1.45. The lowest BCUT2D eigenvalue weighted by molar-refractivity contribution is -0.0498. The summed E-state index contributed by atoms with van der Waals surface area (Å²) in [5.74, 6) is 0.181. The highest BCUT2D eigenvalue weighted by Crippen LogP contribution is 2.16. The molecule has 0 amide bonds. The van der Waals surface area contributed by atoms with Gasteiger partial charge >= 0.3 is 6.61 Å². The average Bonchev–Trinajstić information content (AvgIpc) is 2.28. The molecule has 2 nitrogen and oxygen atoms in total. The van der Waals surface area contributed by atoms with Gasteiger partial charge in [-0.1, -0.05) is 37.6 Å². The molecule has 100 valence electrons. The van der Waals surface area contributed by atoms with Crippen LogP contribution in [0.25, 0.3) is 6.08 Å². The van der Waals surface area contributed by atoms with E-state index >= 15 is 0 Å². The molecule has 0 bridgehead atoms. The van der Waals surface area contributed by atoms with Gasteiger partial charge in [0, 0.05) is 12.6 Å². The lowest BCUT2D eigenvalue weighted by Crippen LogP contribution is -2.24. The monoisotopic (exact) mass is 255 g/mol. The summed E-state index contributed by atoms with van der Waals surface area (Å²) in [4.78, 5) is 0. The van der Waals surface area contributed by atoms with Gasteiger partial charge in [-0.3, -0.25) is 0 Å². The van der Waals surface area contributed by atoms with Crippen LogP contribution in [0.5, 0.6) is 5.75 Å². The lowest BCUT2D eigenvalue weighted by Gasteiger charge is -2.08. The molecule has 0 saturated carbocycles. The fraction of sp³-hybridized carbons (Fsp3) is 0.429. The van der Waals surface area contributed by atoms with Gasteiger partial charge in [-0.25, -0.2) is 0 Å². The Bertz CT molecular complexity index is 385. The molecule has 0 aliphatic heterocycles. The second-order valence-electron chi connectivity index (χ2n) is 4.47. The highest BCUT2D eigenvalue weighted by Gasteiger charge is 2.03. The quantitative estimate of drug-likeness (QED) is 0.837. The van der Waals surface area contributed by atoms with Gasteiger partial charge in [0.2, 0.25) is 0 Å². The minimum absolute atomic E-state index is 0.181. The SMILES string of the molecule is CC(=Cc1ccc(OC(F)F)cc1)CNC(C)C. The van der Waals surface area contributed by atoms with E-state index in [0.29, 0.717) is 6.04 Å². The van der Waals surface area contributed by atoms with E-state index in [1.54, 1.807) is 24.3 Å². The topological polar surface area (TPSA) is 21.3 Å². The summed E-state index contributed by atoms with van der Waals surface area (Å²) in [6, 6.07) is 7.05. The third kappa shape index (κ3) is 5.77. The minimum Gasteiger partial charge on any atom is -0.435 e. The Hall–Kier alpha value is -1.42. The summed E-state index contributed by atoms with van der Waals surface area (Å²) in [6.07, 6.45) is 2.02. The van der Waals surface area contributed by atoms with E-state index in [9.17, 15) is 8.78 Å². The molecule has 0 heterocycles. The summed E-state index contributed by atoms with van der Waals surface area (Å²) >= 11 is 0. The number of rotatable bonds is 6. The van der Waals surface area contributed by atoms with Crippen molar-refractivity contribution in [3.63, 3.8) is 0 Å². The largest absolute Gasteiger partial charge is 0.435 e. The first kappa shape index (κ1) is 14.6. The van der Waals surface area contributed by atoms with Crippen LogP contribution < -0.4 is 10.1 Å². The van der Waals surface area contributed by atoms with E-state index in [-0.39, 0.29) is 5.75 Å². The molecule has 4 heteroatoms. The van der Waals surface area contributed by atoms with Crippen LogP contribution in [-0.2, 0) is 0 Å². The standard InChI is InChI=1S/C14H19F2NO/c1-10(2)17-9-11(3)8-12-4-6-13(7-5-12)18-14(15)16/h4-8,10,14,17H,9H2,1-3H3. The Labute approximate surface area is 107 Å². The summed E-state index contributed by atoms with van der Waals surface area (Å²) in [5, 5.41) is 3.31. The summed E-state index contributed by atoms with van der Waals surface area (Å²) in [5.41, 5.74) is 2.16. The van der Waals surface area contributed by atoms with Crippen LogP contribution in [0.3, 0.4) is 0 Å². The molecule has 1 rings (SSSR count). The Morgan fingerprint density at radius 2 is 1.89 bits per heavy atom. The summed E-state index contributed by atoms with van der Waals surface area (Å²) < 4.78 is 28.2. The van der Waals surface area contributed by atoms with E-state index in [1.165, 1.54) is 5.57 Å². The zero-order valence-electron chi connectivity index (χ0n) is 10.9. The smallest absolute Gasteiger partial charge is 0.387 e. The molecule has 0 radical (unpaired) electrons. The van der Waals surface area contributed by atoms with Crippen molar-refractivity contribution < 1.29 is 13.5 Å². The van der Waals surface area contributed by atoms with Gasteiger partial charge in [-0.2, -0.15) is 8.78 Å². The second-order valence-corrected chi connectivity index (χ2v) is 4.47. The van der Waals surface area contributed by atoms with Crippen LogP contribution in [0.4, 0.5) is 8.78 Å². The van der Waals surface area contributed by atoms with Crippen molar-refractivity contribution in [1.82, 2.24) is 5.32 Å². The van der Waals surface area contributed by atoms with Crippen molar-refractivity contribution in [3.05, 3.63) is 35.4 Å². The molecule has 18 heavy (non-hydrogen) atoms. The van der Waals surface area contributed by atoms with Gasteiger partial charge in [0.15, 0.2) is 0 Å². The third-order valence-corrected chi connectivity index (χ3v) is 2.31. The molecule has 0 unspecified atom stereocenters. The first-order valence-electron chi connectivity index (χ1n) is 5.93. The van der Waals surface area contributed by atoms with Crippen molar-refractivity contribution in [2.45, 2.75) is 33.4 Å². The molecular weight excluding hydrogens is 236 g/mol. The number of ether oxygens (including phenoxy) is 1. The van der Waals surface area contributed by atoms with Crippen molar-refractivity contribution in [2.75, 3.05) is 6.54 Å². The zero-order valence-corrected chi connectivity index (χ0v) is 10.9. The maximum atomic E-state index is 12.0. The Balaban J connectivity index is 2.59. The first-order valence-corrected chi connectivity index (χ1v) is 5.93. The second kappa shape index (κ2) is 7.11. The van der Waals surface area contributed by atoms with Crippen molar-refractivity contribution in [2.24, 2.45) is 0 Å². The maximum Gasteiger partial charge on any atom is 0.387 e. The number of hydrogen-bond donors (Lipinski definition) is 1. The zero-order chi connectivity index (χ0) is 13.5. The van der Waals surface area contributed by atoms with E-state index in [1.807, 2.05) is 13.0 Å². The molecule has 0 aliphatic rings. The van der Waals surface area contributed by atoms with Gasteiger partial charge in [0.05, 0.1) is 0 Å². The van der Waals surface area contributed by atoms with E-state index < -0.39 is 6.61 Å². The van der Waals surface area contributed by atoms with Crippen molar-refractivity contribution in [3.8, 4) is 5.75 Å². The van der Waals surface area contributed by atoms with Gasteiger partial charge in [-0.15, -0.1) is 0 Å². The molecule has 1 N–H and O–H groups in total. The molecule has 1 aromatic carbocycles. The fourth-order valence-electron chi connectivity index (χ4n) is 1.45. The molecule has 0 atom stereocenters. The number of nitrogens with one attached hydrogen (secondary N) is 1. The minimum atomic E-state index is -2.77. The van der Waals surface area contributed by atoms with Gasteiger partial charge in [0.1, 0.15) is 5.75 Å². The predicted octanol–water partition coefficient (Wildman–Crippen LogP) is 3.69. The predicted molar refractivity (Wildman–Crippen MR) is 69.9 cm³/mol. The number of hydrogen-bond acceptors (Lipinski definition) is 2. The number of halogens is 2. The van der Waals surface area contributed by atoms with Crippen LogP contribution in [0.1, 0.15) is 26.3 Å². The van der Waals surface area contributed by atoms with Crippen LogP contribution in [-0.4, -0.2) is 19.2 Å². The van der Waals surface area contributed by atoms with E-state index in [2.05, 4.69) is 23.9 Å². The highest BCUT2D eigenvalue weighted by molar-refractivity contribution is 5.53. The van der Waals surface area contributed by atoms with Crippen molar-refractivity contribution in [1.29, 1.82) is 0 Å². The van der Waals surface area contributed by atoms with Crippen LogP contribution in [0.2, 0.25) is 0 Å². The molecule has 0 saturated heterocycles. The van der Waals surface area contributed by atoms with Crippen LogP contribution >= 0.6 is 0 Å². The summed E-state index contributed by atoms with van der Waals surface area (Å²) in [7, 11) is 0. The maximum absolute atomic E-state index is 12.0.